The van der Waals surface area contributed by atoms with E-state index in [2.05, 4.69) is 52.1 Å². The number of rotatable bonds is 7. The first-order valence-corrected chi connectivity index (χ1v) is 7.85. The molecule has 0 amide bonds. The molecule has 120 valence electrons. The van der Waals surface area contributed by atoms with Crippen LogP contribution in [0.1, 0.15) is 53.1 Å². The standard InChI is InChI=1S/C18H31NO2/c1-8-20-17(18(4,5)6)16(19-7)14-11-9-10-12-15(14)21-13(2)3/h9-13,16-17,19H,8H2,1-7H3. The minimum Gasteiger partial charge on any atom is -0.491 e. The average Bonchev–Trinajstić information content (AvgIpc) is 2.38. The van der Waals surface area contributed by atoms with E-state index in [1.54, 1.807) is 0 Å². The normalized spacial score (nSPS) is 15.0. The van der Waals surface area contributed by atoms with Crippen LogP contribution in [0.5, 0.6) is 5.75 Å². The van der Waals surface area contributed by atoms with Crippen molar-refractivity contribution in [2.45, 2.75) is 59.8 Å². The van der Waals surface area contributed by atoms with Crippen molar-refractivity contribution in [2.24, 2.45) is 5.41 Å². The van der Waals surface area contributed by atoms with E-state index < -0.39 is 0 Å². The number of para-hydroxylation sites is 1. The van der Waals surface area contributed by atoms with Gasteiger partial charge in [-0.3, -0.25) is 0 Å². The van der Waals surface area contributed by atoms with Crippen molar-refractivity contribution < 1.29 is 9.47 Å². The molecule has 0 aliphatic heterocycles. The summed E-state index contributed by atoms with van der Waals surface area (Å²) in [5.74, 6) is 0.931. The highest BCUT2D eigenvalue weighted by atomic mass is 16.5. The zero-order valence-electron chi connectivity index (χ0n) is 14.6. The highest BCUT2D eigenvalue weighted by Crippen LogP contribution is 2.36. The van der Waals surface area contributed by atoms with Crippen molar-refractivity contribution >= 4 is 0 Å². The predicted octanol–water partition coefficient (Wildman–Crippen LogP) is 4.19. The second-order valence-electron chi connectivity index (χ2n) is 6.71. The van der Waals surface area contributed by atoms with Crippen molar-refractivity contribution in [1.82, 2.24) is 5.32 Å². The van der Waals surface area contributed by atoms with Gasteiger partial charge in [-0.15, -0.1) is 0 Å². The van der Waals surface area contributed by atoms with Crippen LogP contribution < -0.4 is 10.1 Å². The number of ether oxygens (including phenoxy) is 2. The summed E-state index contributed by atoms with van der Waals surface area (Å²) in [6.45, 7) is 13.5. The van der Waals surface area contributed by atoms with Gasteiger partial charge in [0.1, 0.15) is 5.75 Å². The molecule has 0 bridgehead atoms. The molecule has 21 heavy (non-hydrogen) atoms. The topological polar surface area (TPSA) is 30.5 Å². The number of benzene rings is 1. The lowest BCUT2D eigenvalue weighted by molar-refractivity contribution is -0.0356. The number of nitrogens with one attached hydrogen (secondary N) is 1. The van der Waals surface area contributed by atoms with Crippen molar-refractivity contribution in [3.63, 3.8) is 0 Å². The molecule has 0 heterocycles. The summed E-state index contributed by atoms with van der Waals surface area (Å²) in [5, 5.41) is 3.42. The Bertz CT molecular complexity index is 423. The summed E-state index contributed by atoms with van der Waals surface area (Å²) in [4.78, 5) is 0. The largest absolute Gasteiger partial charge is 0.491 e. The lowest BCUT2D eigenvalue weighted by Crippen LogP contribution is -2.41. The maximum atomic E-state index is 6.06. The lowest BCUT2D eigenvalue weighted by atomic mass is 9.81. The number of hydrogen-bond acceptors (Lipinski definition) is 3. The van der Waals surface area contributed by atoms with Crippen molar-refractivity contribution in [3.8, 4) is 5.75 Å². The monoisotopic (exact) mass is 293 g/mol. The highest BCUT2D eigenvalue weighted by Gasteiger charge is 2.34. The molecule has 1 aromatic rings. The smallest absolute Gasteiger partial charge is 0.124 e. The molecule has 0 saturated heterocycles. The molecule has 0 aliphatic carbocycles. The van der Waals surface area contributed by atoms with Crippen LogP contribution in [-0.2, 0) is 4.74 Å². The maximum absolute atomic E-state index is 6.06. The van der Waals surface area contributed by atoms with Gasteiger partial charge in [0.15, 0.2) is 0 Å². The fourth-order valence-corrected chi connectivity index (χ4v) is 2.59. The van der Waals surface area contributed by atoms with E-state index in [4.69, 9.17) is 9.47 Å². The lowest BCUT2D eigenvalue weighted by Gasteiger charge is -2.37. The van der Waals surface area contributed by atoms with Crippen LogP contribution in [0, 0.1) is 5.41 Å². The second-order valence-corrected chi connectivity index (χ2v) is 6.71. The first-order chi connectivity index (χ1) is 9.81. The van der Waals surface area contributed by atoms with Crippen molar-refractivity contribution in [3.05, 3.63) is 29.8 Å². The Kier molecular flexibility index (Phi) is 6.69. The Labute approximate surface area is 130 Å². The van der Waals surface area contributed by atoms with Gasteiger partial charge in [0.2, 0.25) is 0 Å². The van der Waals surface area contributed by atoms with Gasteiger partial charge in [-0.25, -0.2) is 0 Å². The fourth-order valence-electron chi connectivity index (χ4n) is 2.59. The van der Waals surface area contributed by atoms with E-state index in [-0.39, 0.29) is 23.7 Å². The molecule has 0 fully saturated rings. The Hall–Kier alpha value is -1.06. The SMILES string of the molecule is CCOC(C(NC)c1ccccc1OC(C)C)C(C)(C)C. The summed E-state index contributed by atoms with van der Waals surface area (Å²) in [5.41, 5.74) is 1.19. The molecule has 1 N–H and O–H groups in total. The molecule has 2 unspecified atom stereocenters. The molecular formula is C18H31NO2. The molecule has 3 heteroatoms. The number of likely N-dealkylation sites (N-methyl/N-ethyl adjacent to an activating group) is 1. The molecular weight excluding hydrogens is 262 g/mol. The van der Waals surface area contributed by atoms with E-state index >= 15 is 0 Å². The molecule has 1 aromatic carbocycles. The van der Waals surface area contributed by atoms with Crippen LogP contribution in [0.15, 0.2) is 24.3 Å². The van der Waals surface area contributed by atoms with E-state index in [1.165, 1.54) is 0 Å². The number of hydrogen-bond donors (Lipinski definition) is 1. The third-order valence-corrected chi connectivity index (χ3v) is 3.43. The Morgan fingerprint density at radius 2 is 1.76 bits per heavy atom. The molecule has 1 rings (SSSR count). The van der Waals surface area contributed by atoms with Crippen LogP contribution in [0.2, 0.25) is 0 Å². The van der Waals surface area contributed by atoms with Crippen LogP contribution in [0.25, 0.3) is 0 Å². The fraction of sp³-hybridized carbons (Fsp3) is 0.667. The first-order valence-electron chi connectivity index (χ1n) is 7.85. The zero-order valence-corrected chi connectivity index (χ0v) is 14.6. The van der Waals surface area contributed by atoms with Crippen LogP contribution in [0.3, 0.4) is 0 Å². The third kappa shape index (κ3) is 5.01. The maximum Gasteiger partial charge on any atom is 0.124 e. The summed E-state index contributed by atoms with van der Waals surface area (Å²) in [6, 6.07) is 8.32. The first kappa shape index (κ1) is 18.0. The molecule has 0 aromatic heterocycles. The summed E-state index contributed by atoms with van der Waals surface area (Å²) in [6.07, 6.45) is 0.230. The minimum absolute atomic E-state index is 0.0363. The zero-order chi connectivity index (χ0) is 16.0. The predicted molar refractivity (Wildman–Crippen MR) is 88.9 cm³/mol. The average molecular weight is 293 g/mol. The Morgan fingerprint density at radius 3 is 2.24 bits per heavy atom. The van der Waals surface area contributed by atoms with E-state index in [0.717, 1.165) is 11.3 Å². The van der Waals surface area contributed by atoms with Gasteiger partial charge in [0, 0.05) is 12.2 Å². The summed E-state index contributed by atoms with van der Waals surface area (Å²) < 4.78 is 12.0. The Morgan fingerprint density at radius 1 is 1.14 bits per heavy atom. The highest BCUT2D eigenvalue weighted by molar-refractivity contribution is 5.37. The van der Waals surface area contributed by atoms with Crippen molar-refractivity contribution in [1.29, 1.82) is 0 Å². The van der Waals surface area contributed by atoms with Gasteiger partial charge in [-0.1, -0.05) is 39.0 Å². The van der Waals surface area contributed by atoms with Crippen LogP contribution in [-0.4, -0.2) is 25.9 Å². The van der Waals surface area contributed by atoms with Crippen LogP contribution >= 0.6 is 0 Å². The van der Waals surface area contributed by atoms with Gasteiger partial charge in [-0.05, 0) is 39.3 Å². The van der Waals surface area contributed by atoms with Gasteiger partial charge in [-0.2, -0.15) is 0 Å². The minimum atomic E-state index is 0.0363. The second kappa shape index (κ2) is 7.81. The third-order valence-electron chi connectivity index (χ3n) is 3.43. The van der Waals surface area contributed by atoms with Crippen LogP contribution in [0.4, 0.5) is 0 Å². The van der Waals surface area contributed by atoms with E-state index in [1.807, 2.05) is 26.1 Å². The molecule has 0 radical (unpaired) electrons. The van der Waals surface area contributed by atoms with Gasteiger partial charge in [0.25, 0.3) is 0 Å². The molecule has 0 spiro atoms. The van der Waals surface area contributed by atoms with E-state index in [0.29, 0.717) is 6.61 Å². The molecule has 2 atom stereocenters. The molecule has 0 aliphatic rings. The summed E-state index contributed by atoms with van der Waals surface area (Å²) in [7, 11) is 1.98. The van der Waals surface area contributed by atoms with Gasteiger partial charge < -0.3 is 14.8 Å². The Balaban J connectivity index is 3.19. The molecule has 3 nitrogen and oxygen atoms in total. The van der Waals surface area contributed by atoms with Gasteiger partial charge in [0.05, 0.1) is 18.2 Å². The molecule has 0 saturated carbocycles. The quantitative estimate of drug-likeness (QED) is 0.818. The van der Waals surface area contributed by atoms with Gasteiger partial charge >= 0.3 is 0 Å². The van der Waals surface area contributed by atoms with E-state index in [9.17, 15) is 0 Å². The van der Waals surface area contributed by atoms with Crippen molar-refractivity contribution in [2.75, 3.05) is 13.7 Å². The summed E-state index contributed by atoms with van der Waals surface area (Å²) >= 11 is 0.